The third-order valence-electron chi connectivity index (χ3n) is 3.05. The highest BCUT2D eigenvalue weighted by Gasteiger charge is 2.04. The molecule has 94 valence electrons. The number of rotatable bonds is 4. The van der Waals surface area contributed by atoms with Crippen molar-refractivity contribution in [2.75, 3.05) is 11.9 Å². The molecule has 0 aliphatic carbocycles. The zero-order valence-corrected chi connectivity index (χ0v) is 12.3. The minimum absolute atomic E-state index is 0.876. The average Bonchev–Trinajstić information content (AvgIpc) is 2.39. The number of hydrogen-bond donors (Lipinski definition) is 0. The molecule has 2 rings (SSSR count). The van der Waals surface area contributed by atoms with E-state index in [1.54, 1.807) is 6.20 Å². The van der Waals surface area contributed by atoms with Crippen LogP contribution in [-0.2, 0) is 11.9 Å². The fourth-order valence-electron chi connectivity index (χ4n) is 1.92. The molecule has 0 saturated carbocycles. The van der Waals surface area contributed by atoms with Crippen molar-refractivity contribution in [3.05, 3.63) is 59.4 Å². The first-order valence-corrected chi connectivity index (χ1v) is 7.08. The molecule has 0 amide bonds. The second kappa shape index (κ2) is 6.01. The topological polar surface area (TPSA) is 16.1 Å². The zero-order chi connectivity index (χ0) is 13.0. The summed E-state index contributed by atoms with van der Waals surface area (Å²) in [6.07, 6.45) is 3.72. The summed E-state index contributed by atoms with van der Waals surface area (Å²) in [5, 5.41) is 0.908. The van der Waals surface area contributed by atoms with Crippen LogP contribution in [-0.4, -0.2) is 12.0 Å². The van der Waals surface area contributed by atoms with E-state index in [4.69, 9.17) is 0 Å². The number of benzene rings is 1. The van der Waals surface area contributed by atoms with Gasteiger partial charge < -0.3 is 4.90 Å². The van der Waals surface area contributed by atoms with E-state index in [0.717, 1.165) is 11.9 Å². The SMILES string of the molecule is Cc1cc(N(C)Cc2cccnc2)ccc1CBr. The highest BCUT2D eigenvalue weighted by atomic mass is 79.9. The molecule has 0 bridgehead atoms. The van der Waals surface area contributed by atoms with Crippen LogP contribution in [0.5, 0.6) is 0 Å². The van der Waals surface area contributed by atoms with Gasteiger partial charge in [0.1, 0.15) is 0 Å². The maximum Gasteiger partial charge on any atom is 0.0441 e. The molecule has 3 heteroatoms. The van der Waals surface area contributed by atoms with Crippen molar-refractivity contribution >= 4 is 21.6 Å². The lowest BCUT2D eigenvalue weighted by atomic mass is 10.1. The predicted octanol–water partition coefficient (Wildman–Crippen LogP) is 3.92. The molecule has 2 nitrogen and oxygen atoms in total. The van der Waals surface area contributed by atoms with Crippen molar-refractivity contribution in [1.82, 2.24) is 4.98 Å². The van der Waals surface area contributed by atoms with Crippen LogP contribution in [0.1, 0.15) is 16.7 Å². The van der Waals surface area contributed by atoms with Gasteiger partial charge in [0.25, 0.3) is 0 Å². The van der Waals surface area contributed by atoms with E-state index in [-0.39, 0.29) is 0 Å². The first-order chi connectivity index (χ1) is 8.70. The van der Waals surface area contributed by atoms with Crippen LogP contribution in [0, 0.1) is 6.92 Å². The Hall–Kier alpha value is -1.35. The second-order valence-corrected chi connectivity index (χ2v) is 5.02. The van der Waals surface area contributed by atoms with Crippen LogP contribution >= 0.6 is 15.9 Å². The van der Waals surface area contributed by atoms with Gasteiger partial charge in [-0.05, 0) is 41.8 Å². The summed E-state index contributed by atoms with van der Waals surface area (Å²) in [5.41, 5.74) is 5.12. The van der Waals surface area contributed by atoms with Crippen LogP contribution < -0.4 is 4.90 Å². The number of hydrogen-bond acceptors (Lipinski definition) is 2. The van der Waals surface area contributed by atoms with E-state index in [1.807, 2.05) is 12.3 Å². The number of pyridine rings is 1. The van der Waals surface area contributed by atoms with Crippen LogP contribution in [0.4, 0.5) is 5.69 Å². The number of aryl methyl sites for hydroxylation is 1. The Morgan fingerprint density at radius 1 is 1.28 bits per heavy atom. The van der Waals surface area contributed by atoms with Crippen molar-refractivity contribution in [2.45, 2.75) is 18.8 Å². The van der Waals surface area contributed by atoms with Crippen molar-refractivity contribution in [3.63, 3.8) is 0 Å². The maximum atomic E-state index is 4.14. The predicted molar refractivity (Wildman–Crippen MR) is 80.2 cm³/mol. The lowest BCUT2D eigenvalue weighted by Crippen LogP contribution is -2.16. The van der Waals surface area contributed by atoms with Gasteiger partial charge in [0.15, 0.2) is 0 Å². The Bertz CT molecular complexity index is 511. The summed E-state index contributed by atoms with van der Waals surface area (Å²) in [6.45, 7) is 3.03. The summed E-state index contributed by atoms with van der Waals surface area (Å²) >= 11 is 3.50. The number of nitrogens with zero attached hydrogens (tertiary/aromatic N) is 2. The molecule has 1 aromatic carbocycles. The molecule has 0 spiro atoms. The smallest absolute Gasteiger partial charge is 0.0441 e. The van der Waals surface area contributed by atoms with Crippen molar-refractivity contribution < 1.29 is 0 Å². The van der Waals surface area contributed by atoms with E-state index >= 15 is 0 Å². The van der Waals surface area contributed by atoms with Gasteiger partial charge in [-0.1, -0.05) is 28.1 Å². The van der Waals surface area contributed by atoms with Crippen LogP contribution in [0.3, 0.4) is 0 Å². The van der Waals surface area contributed by atoms with Gasteiger partial charge in [-0.2, -0.15) is 0 Å². The monoisotopic (exact) mass is 304 g/mol. The van der Waals surface area contributed by atoms with E-state index in [2.05, 4.69) is 64.1 Å². The average molecular weight is 305 g/mol. The van der Waals surface area contributed by atoms with E-state index in [0.29, 0.717) is 0 Å². The van der Waals surface area contributed by atoms with Crippen molar-refractivity contribution in [1.29, 1.82) is 0 Å². The molecule has 1 heterocycles. The summed E-state index contributed by atoms with van der Waals surface area (Å²) in [5.74, 6) is 0. The van der Waals surface area contributed by atoms with Gasteiger partial charge in [0.2, 0.25) is 0 Å². The first-order valence-electron chi connectivity index (χ1n) is 5.96. The fraction of sp³-hybridized carbons (Fsp3) is 0.267. The molecular weight excluding hydrogens is 288 g/mol. The molecule has 0 atom stereocenters. The first kappa shape index (κ1) is 13.1. The molecule has 0 fully saturated rings. The summed E-state index contributed by atoms with van der Waals surface area (Å²) in [4.78, 5) is 6.38. The van der Waals surface area contributed by atoms with Gasteiger partial charge in [-0.25, -0.2) is 0 Å². The summed E-state index contributed by atoms with van der Waals surface area (Å²) in [6, 6.07) is 10.7. The largest absolute Gasteiger partial charge is 0.370 e. The molecule has 2 aromatic rings. The standard InChI is InChI=1S/C15H17BrN2/c1-12-8-15(6-5-14(12)9-16)18(2)11-13-4-3-7-17-10-13/h3-8,10H,9,11H2,1-2H3. The quantitative estimate of drug-likeness (QED) is 0.796. The molecule has 0 N–H and O–H groups in total. The molecule has 18 heavy (non-hydrogen) atoms. The molecule has 0 saturated heterocycles. The van der Waals surface area contributed by atoms with Crippen LogP contribution in [0.15, 0.2) is 42.7 Å². The van der Waals surface area contributed by atoms with Gasteiger partial charge in [-0.15, -0.1) is 0 Å². The third-order valence-corrected chi connectivity index (χ3v) is 3.66. The van der Waals surface area contributed by atoms with E-state index < -0.39 is 0 Å². The molecule has 1 aromatic heterocycles. The number of aromatic nitrogens is 1. The Balaban J connectivity index is 2.14. The molecular formula is C15H17BrN2. The van der Waals surface area contributed by atoms with Crippen molar-refractivity contribution in [2.24, 2.45) is 0 Å². The van der Waals surface area contributed by atoms with E-state index in [1.165, 1.54) is 22.4 Å². The third kappa shape index (κ3) is 3.10. The fourth-order valence-corrected chi connectivity index (χ4v) is 2.55. The number of halogens is 1. The van der Waals surface area contributed by atoms with Crippen LogP contribution in [0.2, 0.25) is 0 Å². The van der Waals surface area contributed by atoms with E-state index in [9.17, 15) is 0 Å². The molecule has 0 aliphatic heterocycles. The van der Waals surface area contributed by atoms with Gasteiger partial charge in [-0.3, -0.25) is 4.98 Å². The highest BCUT2D eigenvalue weighted by Crippen LogP contribution is 2.21. The normalized spacial score (nSPS) is 10.4. The molecule has 0 aliphatic rings. The molecule has 0 unspecified atom stereocenters. The number of alkyl halides is 1. The lowest BCUT2D eigenvalue weighted by molar-refractivity contribution is 0.913. The minimum atomic E-state index is 0.876. The Labute approximate surface area is 117 Å². The Kier molecular flexibility index (Phi) is 4.37. The second-order valence-electron chi connectivity index (χ2n) is 4.46. The lowest BCUT2D eigenvalue weighted by Gasteiger charge is -2.20. The number of anilines is 1. The van der Waals surface area contributed by atoms with Crippen molar-refractivity contribution in [3.8, 4) is 0 Å². The maximum absolute atomic E-state index is 4.14. The Morgan fingerprint density at radius 2 is 2.11 bits per heavy atom. The van der Waals surface area contributed by atoms with Crippen LogP contribution in [0.25, 0.3) is 0 Å². The molecule has 0 radical (unpaired) electrons. The minimum Gasteiger partial charge on any atom is -0.370 e. The zero-order valence-electron chi connectivity index (χ0n) is 10.7. The van der Waals surface area contributed by atoms with Gasteiger partial charge in [0, 0.05) is 37.0 Å². The Morgan fingerprint density at radius 3 is 2.72 bits per heavy atom. The van der Waals surface area contributed by atoms with Gasteiger partial charge in [0.05, 0.1) is 0 Å². The summed E-state index contributed by atoms with van der Waals surface area (Å²) in [7, 11) is 2.11. The highest BCUT2D eigenvalue weighted by molar-refractivity contribution is 9.08. The summed E-state index contributed by atoms with van der Waals surface area (Å²) < 4.78 is 0. The van der Waals surface area contributed by atoms with Gasteiger partial charge >= 0.3 is 0 Å².